The third kappa shape index (κ3) is 6.69. The minimum absolute atomic E-state index is 0.129. The SMILES string of the molecule is C[C@@H]1CN([C@@H](C)CO)C(=O)c2cccc(NC(=O)c3nc4ccccc4s3)c2O[C@H]1CN(C)Cc1ccc(C(=O)O)cc1. The van der Waals surface area contributed by atoms with E-state index in [0.29, 0.717) is 35.9 Å². The minimum atomic E-state index is -0.974. The summed E-state index contributed by atoms with van der Waals surface area (Å²) in [6.45, 7) is 5.00. The summed E-state index contributed by atoms with van der Waals surface area (Å²) in [5.74, 6) is -1.52. The zero-order chi connectivity index (χ0) is 30.7. The number of ether oxygens (including phenoxy) is 1. The highest BCUT2D eigenvalue weighted by Crippen LogP contribution is 2.35. The van der Waals surface area contributed by atoms with E-state index in [1.54, 1.807) is 54.3 Å². The Kier molecular flexibility index (Phi) is 9.05. The van der Waals surface area contributed by atoms with Crippen LogP contribution in [0.15, 0.2) is 66.7 Å². The van der Waals surface area contributed by atoms with E-state index in [-0.39, 0.29) is 35.8 Å². The van der Waals surface area contributed by atoms with Crippen molar-refractivity contribution in [3.05, 3.63) is 88.4 Å². The van der Waals surface area contributed by atoms with E-state index in [9.17, 15) is 24.6 Å². The Morgan fingerprint density at radius 3 is 2.58 bits per heavy atom. The number of fused-ring (bicyclic) bond motifs is 2. The van der Waals surface area contributed by atoms with Crippen LogP contribution in [0.1, 0.15) is 49.9 Å². The van der Waals surface area contributed by atoms with E-state index >= 15 is 0 Å². The Hall–Kier alpha value is -4.32. The number of amides is 2. The van der Waals surface area contributed by atoms with Gasteiger partial charge in [0.05, 0.1) is 39.7 Å². The van der Waals surface area contributed by atoms with Gasteiger partial charge in [-0.25, -0.2) is 9.78 Å². The average Bonchev–Trinajstić information content (AvgIpc) is 3.44. The van der Waals surface area contributed by atoms with Crippen LogP contribution < -0.4 is 10.1 Å². The number of carbonyl (C=O) groups excluding carboxylic acids is 2. The molecule has 2 heterocycles. The molecule has 0 saturated heterocycles. The van der Waals surface area contributed by atoms with Gasteiger partial charge in [0, 0.05) is 25.6 Å². The van der Waals surface area contributed by atoms with E-state index in [1.165, 1.54) is 11.3 Å². The molecule has 0 unspecified atom stereocenters. The first-order valence-corrected chi connectivity index (χ1v) is 14.9. The summed E-state index contributed by atoms with van der Waals surface area (Å²) in [6, 6.07) is 18.9. The number of carboxylic acids is 1. The number of rotatable bonds is 9. The summed E-state index contributed by atoms with van der Waals surface area (Å²) in [4.78, 5) is 46.5. The highest BCUT2D eigenvalue weighted by atomic mass is 32.1. The van der Waals surface area contributed by atoms with Gasteiger partial charge < -0.3 is 25.2 Å². The lowest BCUT2D eigenvalue weighted by Gasteiger charge is -2.38. The molecular weight excluding hydrogens is 568 g/mol. The fraction of sp³-hybridized carbons (Fsp3) is 0.312. The van der Waals surface area contributed by atoms with Gasteiger partial charge in [-0.05, 0) is 55.9 Å². The van der Waals surface area contributed by atoms with Crippen LogP contribution in [0.3, 0.4) is 0 Å². The molecule has 224 valence electrons. The Labute approximate surface area is 253 Å². The van der Waals surface area contributed by atoms with Crippen molar-refractivity contribution in [1.82, 2.24) is 14.8 Å². The number of aliphatic hydroxyl groups is 1. The molecule has 2 amide bonds. The van der Waals surface area contributed by atoms with Gasteiger partial charge >= 0.3 is 5.97 Å². The quantitative estimate of drug-likeness (QED) is 0.253. The zero-order valence-electron chi connectivity index (χ0n) is 24.2. The number of aromatic nitrogens is 1. The van der Waals surface area contributed by atoms with Crippen molar-refractivity contribution in [2.24, 2.45) is 5.92 Å². The molecule has 4 aromatic rings. The Morgan fingerprint density at radius 1 is 1.14 bits per heavy atom. The van der Waals surface area contributed by atoms with Crippen LogP contribution in [0.2, 0.25) is 0 Å². The van der Waals surface area contributed by atoms with E-state index in [0.717, 1.165) is 15.8 Å². The first kappa shape index (κ1) is 30.1. The molecule has 3 aromatic carbocycles. The number of aromatic carboxylic acids is 1. The van der Waals surface area contributed by atoms with Gasteiger partial charge in [-0.2, -0.15) is 0 Å². The van der Waals surface area contributed by atoms with Crippen LogP contribution in [0.4, 0.5) is 5.69 Å². The molecule has 0 bridgehead atoms. The van der Waals surface area contributed by atoms with Crippen molar-refractivity contribution >= 4 is 45.0 Å². The lowest BCUT2D eigenvalue weighted by atomic mass is 9.98. The number of nitrogens with zero attached hydrogens (tertiary/aromatic N) is 3. The summed E-state index contributed by atoms with van der Waals surface area (Å²) in [5.41, 5.74) is 2.56. The number of carbonyl (C=O) groups is 3. The van der Waals surface area contributed by atoms with Gasteiger partial charge in [0.25, 0.3) is 11.8 Å². The van der Waals surface area contributed by atoms with E-state index < -0.39 is 17.9 Å². The number of carboxylic acid groups (broad SMARTS) is 1. The molecule has 1 aliphatic heterocycles. The normalized spacial score (nSPS) is 17.6. The highest BCUT2D eigenvalue weighted by molar-refractivity contribution is 7.20. The number of hydrogen-bond acceptors (Lipinski definition) is 8. The van der Waals surface area contributed by atoms with Crippen LogP contribution in [0.25, 0.3) is 10.2 Å². The molecule has 0 radical (unpaired) electrons. The van der Waals surface area contributed by atoms with Crippen LogP contribution in [-0.4, -0.2) is 81.7 Å². The van der Waals surface area contributed by atoms with Gasteiger partial charge in [0.2, 0.25) is 0 Å². The molecule has 0 saturated carbocycles. The number of hydrogen-bond donors (Lipinski definition) is 3. The van der Waals surface area contributed by atoms with Crippen LogP contribution in [0, 0.1) is 5.92 Å². The number of benzene rings is 3. The van der Waals surface area contributed by atoms with Crippen molar-refractivity contribution in [3.63, 3.8) is 0 Å². The van der Waals surface area contributed by atoms with Gasteiger partial charge in [-0.15, -0.1) is 11.3 Å². The Bertz CT molecular complexity index is 1610. The van der Waals surface area contributed by atoms with E-state index in [1.807, 2.05) is 38.2 Å². The predicted molar refractivity (Wildman–Crippen MR) is 165 cm³/mol. The minimum Gasteiger partial charge on any atom is -0.486 e. The number of aliphatic hydroxyl groups excluding tert-OH is 1. The first-order chi connectivity index (χ1) is 20.6. The number of nitrogens with one attached hydrogen (secondary N) is 1. The highest BCUT2D eigenvalue weighted by Gasteiger charge is 2.34. The van der Waals surface area contributed by atoms with Crippen molar-refractivity contribution < 1.29 is 29.3 Å². The molecule has 11 heteroatoms. The number of likely N-dealkylation sites (N-methyl/N-ethyl adjacent to an activating group) is 1. The van der Waals surface area contributed by atoms with E-state index in [2.05, 4.69) is 15.2 Å². The molecule has 5 rings (SSSR count). The fourth-order valence-corrected chi connectivity index (χ4v) is 6.00. The summed E-state index contributed by atoms with van der Waals surface area (Å²) in [7, 11) is 1.95. The third-order valence-electron chi connectivity index (χ3n) is 7.57. The molecule has 43 heavy (non-hydrogen) atoms. The average molecular weight is 603 g/mol. The lowest BCUT2D eigenvalue weighted by Crippen LogP contribution is -2.49. The van der Waals surface area contributed by atoms with Gasteiger partial charge in [0.15, 0.2) is 10.8 Å². The molecule has 1 aliphatic rings. The third-order valence-corrected chi connectivity index (χ3v) is 8.61. The second-order valence-corrected chi connectivity index (χ2v) is 12.0. The first-order valence-electron chi connectivity index (χ1n) is 14.0. The van der Waals surface area contributed by atoms with Gasteiger partial charge in [0.1, 0.15) is 6.10 Å². The summed E-state index contributed by atoms with van der Waals surface area (Å²) in [5, 5.41) is 22.4. The van der Waals surface area contributed by atoms with Crippen molar-refractivity contribution in [1.29, 1.82) is 0 Å². The zero-order valence-corrected chi connectivity index (χ0v) is 25.0. The maximum atomic E-state index is 13.8. The maximum Gasteiger partial charge on any atom is 0.335 e. The van der Waals surface area contributed by atoms with Crippen LogP contribution in [0.5, 0.6) is 5.75 Å². The summed E-state index contributed by atoms with van der Waals surface area (Å²) in [6.07, 6.45) is -0.385. The molecule has 1 aromatic heterocycles. The van der Waals surface area contributed by atoms with Gasteiger partial charge in [-0.1, -0.05) is 37.3 Å². The molecule has 0 spiro atoms. The molecule has 3 atom stereocenters. The van der Waals surface area contributed by atoms with Crippen molar-refractivity contribution in [2.75, 3.05) is 32.1 Å². The van der Waals surface area contributed by atoms with Gasteiger partial charge in [-0.3, -0.25) is 14.5 Å². The molecule has 3 N–H and O–H groups in total. The standard InChI is InChI=1S/C32H34N4O6S/c1-19-15-36(20(2)18-37)31(39)23-7-6-9-25(33-29(38)30-34-24-8-4-5-10-27(24)43-30)28(23)42-26(19)17-35(3)16-21-11-13-22(14-12-21)32(40)41/h4-14,19-20,26,37H,15-18H2,1-3H3,(H,33,38)(H,40,41)/t19-,20+,26+/m1/s1. The topological polar surface area (TPSA) is 132 Å². The smallest absolute Gasteiger partial charge is 0.335 e. The van der Waals surface area contributed by atoms with Crippen LogP contribution in [-0.2, 0) is 6.54 Å². The summed E-state index contributed by atoms with van der Waals surface area (Å²) >= 11 is 1.28. The number of thiazole rings is 1. The van der Waals surface area contributed by atoms with Crippen molar-refractivity contribution in [2.45, 2.75) is 32.5 Å². The Balaban J connectivity index is 1.44. The monoisotopic (exact) mass is 602 g/mol. The second kappa shape index (κ2) is 12.9. The van der Waals surface area contributed by atoms with Crippen molar-refractivity contribution in [3.8, 4) is 5.75 Å². The van der Waals surface area contributed by atoms with Crippen LogP contribution >= 0.6 is 11.3 Å². The molecular formula is C32H34N4O6S. The Morgan fingerprint density at radius 2 is 1.88 bits per heavy atom. The number of anilines is 1. The summed E-state index contributed by atoms with van der Waals surface area (Å²) < 4.78 is 7.50. The molecule has 0 fully saturated rings. The van der Waals surface area contributed by atoms with E-state index in [4.69, 9.17) is 4.74 Å². The predicted octanol–water partition coefficient (Wildman–Crippen LogP) is 4.60. The lowest BCUT2D eigenvalue weighted by molar-refractivity contribution is 0.0343. The second-order valence-electron chi connectivity index (χ2n) is 10.9. The number of para-hydroxylation sites is 2. The molecule has 10 nitrogen and oxygen atoms in total. The fourth-order valence-electron chi connectivity index (χ4n) is 5.14. The largest absolute Gasteiger partial charge is 0.486 e. The molecule has 0 aliphatic carbocycles. The maximum absolute atomic E-state index is 13.8.